The first-order valence-electron chi connectivity index (χ1n) is 5.33. The molecule has 0 saturated carbocycles. The van der Waals surface area contributed by atoms with Crippen LogP contribution in [-0.2, 0) is 0 Å². The van der Waals surface area contributed by atoms with Gasteiger partial charge in [-0.3, -0.25) is 0 Å². The lowest BCUT2D eigenvalue weighted by Gasteiger charge is -2.25. The Bertz CT molecular complexity index is 446. The smallest absolute Gasteiger partial charge is 0.142 e. The van der Waals surface area contributed by atoms with Gasteiger partial charge in [-0.15, -0.1) is 0 Å². The van der Waals surface area contributed by atoms with E-state index in [0.717, 1.165) is 5.75 Å². The molecule has 0 amide bonds. The molecule has 0 bridgehead atoms. The molecule has 0 aliphatic carbocycles. The third-order valence-corrected chi connectivity index (χ3v) is 3.79. The Morgan fingerprint density at radius 1 is 1.35 bits per heavy atom. The second-order valence-electron chi connectivity index (χ2n) is 4.80. The van der Waals surface area contributed by atoms with Gasteiger partial charge in [-0.25, -0.2) is 14.4 Å². The maximum Gasteiger partial charge on any atom is 0.142 e. The minimum absolute atomic E-state index is 0.331. The summed E-state index contributed by atoms with van der Waals surface area (Å²) in [6.45, 7) is 2.16. The predicted molar refractivity (Wildman–Crippen MR) is 71.6 cm³/mol. The van der Waals surface area contributed by atoms with Crippen LogP contribution in [0.5, 0.6) is 5.75 Å². The van der Waals surface area contributed by atoms with Gasteiger partial charge in [0.15, 0.2) is 0 Å². The first kappa shape index (κ1) is 13.9. The molecule has 0 spiro atoms. The van der Waals surface area contributed by atoms with E-state index in [9.17, 15) is 4.39 Å². The highest BCUT2D eigenvalue weighted by Crippen LogP contribution is 2.34. The molecule has 4 heteroatoms. The lowest BCUT2D eigenvalue weighted by molar-refractivity contribution is 0.337. The molecule has 1 rings (SSSR count). The maximum absolute atomic E-state index is 13.4. The number of halogens is 1. The number of benzene rings is 1. The molecule has 1 aromatic rings. The molecule has 0 aliphatic heterocycles. The fourth-order valence-electron chi connectivity index (χ4n) is 1.34. The highest BCUT2D eigenvalue weighted by molar-refractivity contribution is 8.32. The Morgan fingerprint density at radius 3 is 2.53 bits per heavy atom. The molecule has 0 radical (unpaired) electrons. The highest BCUT2D eigenvalue weighted by Gasteiger charge is 2.12. The van der Waals surface area contributed by atoms with Crippen molar-refractivity contribution in [2.75, 3.05) is 31.1 Å². The van der Waals surface area contributed by atoms with Crippen molar-refractivity contribution in [1.29, 1.82) is 5.26 Å². The van der Waals surface area contributed by atoms with E-state index in [-0.39, 0.29) is 5.82 Å². The number of ether oxygens (including phenoxy) is 1. The molecule has 0 atom stereocenters. The summed E-state index contributed by atoms with van der Waals surface area (Å²) < 4.78 is 18.9. The molecule has 0 heterocycles. The first-order valence-corrected chi connectivity index (χ1v) is 8.36. The van der Waals surface area contributed by atoms with Crippen molar-refractivity contribution in [3.8, 4) is 11.8 Å². The van der Waals surface area contributed by atoms with Gasteiger partial charge in [0.25, 0.3) is 0 Å². The molecule has 0 aliphatic rings. The van der Waals surface area contributed by atoms with Gasteiger partial charge in [-0.05, 0) is 37.8 Å². The second kappa shape index (κ2) is 5.42. The van der Waals surface area contributed by atoms with Crippen LogP contribution in [0.1, 0.15) is 11.1 Å². The van der Waals surface area contributed by atoms with E-state index in [1.807, 2.05) is 6.07 Å². The van der Waals surface area contributed by atoms with Crippen LogP contribution in [0.2, 0.25) is 0 Å². The van der Waals surface area contributed by atoms with Gasteiger partial charge in [0.1, 0.15) is 17.6 Å². The molecule has 2 nitrogen and oxygen atoms in total. The molecule has 0 N–H and O–H groups in total. The van der Waals surface area contributed by atoms with E-state index in [0.29, 0.717) is 23.5 Å². The lowest BCUT2D eigenvalue weighted by atomic mass is 10.1. The summed E-state index contributed by atoms with van der Waals surface area (Å²) in [4.78, 5) is 0. The Labute approximate surface area is 104 Å². The molecular formula is C13H18FNOS. The number of hydrogen-bond acceptors (Lipinski definition) is 2. The molecule has 0 unspecified atom stereocenters. The Kier molecular flexibility index (Phi) is 4.41. The van der Waals surface area contributed by atoms with E-state index in [4.69, 9.17) is 10.00 Å². The third-order valence-electron chi connectivity index (χ3n) is 2.40. The maximum atomic E-state index is 13.4. The molecule has 0 aromatic heterocycles. The quantitative estimate of drug-likeness (QED) is 0.828. The summed E-state index contributed by atoms with van der Waals surface area (Å²) in [5, 5.41) is 8.95. The van der Waals surface area contributed by atoms with Crippen molar-refractivity contribution in [3.63, 3.8) is 0 Å². The van der Waals surface area contributed by atoms with Gasteiger partial charge < -0.3 is 4.74 Å². The average molecular weight is 255 g/mol. The SMILES string of the molecule is Cc1c(F)ccc(C#N)c1OCCS(C)(C)C. The predicted octanol–water partition coefficient (Wildman–Crippen LogP) is 3.08. The zero-order chi connectivity index (χ0) is 13.1. The summed E-state index contributed by atoms with van der Waals surface area (Å²) in [5.41, 5.74) is 0.806. The third kappa shape index (κ3) is 3.94. The van der Waals surface area contributed by atoms with E-state index in [1.54, 1.807) is 6.92 Å². The van der Waals surface area contributed by atoms with Gasteiger partial charge in [0, 0.05) is 11.3 Å². The Morgan fingerprint density at radius 2 is 2.00 bits per heavy atom. The number of nitrogens with zero attached hydrogens (tertiary/aromatic N) is 1. The topological polar surface area (TPSA) is 33.0 Å². The van der Waals surface area contributed by atoms with Crippen LogP contribution in [0.15, 0.2) is 12.1 Å². The summed E-state index contributed by atoms with van der Waals surface area (Å²) in [5.74, 6) is 0.992. The van der Waals surface area contributed by atoms with Crippen LogP contribution in [0.3, 0.4) is 0 Å². The van der Waals surface area contributed by atoms with Crippen LogP contribution >= 0.6 is 10.0 Å². The lowest BCUT2D eigenvalue weighted by Crippen LogP contribution is -2.10. The van der Waals surface area contributed by atoms with Gasteiger partial charge in [-0.1, -0.05) is 0 Å². The molecular weight excluding hydrogens is 237 g/mol. The summed E-state index contributed by atoms with van der Waals surface area (Å²) >= 11 is 0. The summed E-state index contributed by atoms with van der Waals surface area (Å²) in [6.07, 6.45) is 6.58. The zero-order valence-corrected chi connectivity index (χ0v) is 11.5. The van der Waals surface area contributed by atoms with E-state index < -0.39 is 10.0 Å². The summed E-state index contributed by atoms with van der Waals surface area (Å²) in [6, 6.07) is 4.79. The normalized spacial score (nSPS) is 12.0. The van der Waals surface area contributed by atoms with Crippen molar-refractivity contribution in [2.24, 2.45) is 0 Å². The first-order chi connectivity index (χ1) is 7.85. The van der Waals surface area contributed by atoms with Gasteiger partial charge in [0.05, 0.1) is 12.2 Å². The van der Waals surface area contributed by atoms with Crippen molar-refractivity contribution in [1.82, 2.24) is 0 Å². The Hall–Kier alpha value is -1.21. The van der Waals surface area contributed by atoms with E-state index >= 15 is 0 Å². The standard InChI is InChI=1S/C13H18FNOS/c1-10-12(14)6-5-11(9-15)13(10)16-7-8-17(2,3)4/h5-6H,7-8H2,1-4H3. The van der Waals surface area contributed by atoms with Crippen molar-refractivity contribution in [3.05, 3.63) is 29.1 Å². The molecule has 94 valence electrons. The monoisotopic (exact) mass is 255 g/mol. The van der Waals surface area contributed by atoms with E-state index in [1.165, 1.54) is 12.1 Å². The molecule has 17 heavy (non-hydrogen) atoms. The van der Waals surface area contributed by atoms with Crippen LogP contribution in [0, 0.1) is 24.1 Å². The van der Waals surface area contributed by atoms with Crippen LogP contribution in [0.25, 0.3) is 0 Å². The van der Waals surface area contributed by atoms with E-state index in [2.05, 4.69) is 18.8 Å². The largest absolute Gasteiger partial charge is 0.491 e. The molecule has 0 saturated heterocycles. The van der Waals surface area contributed by atoms with Gasteiger partial charge >= 0.3 is 0 Å². The summed E-state index contributed by atoms with van der Waals surface area (Å²) in [7, 11) is -0.638. The highest BCUT2D eigenvalue weighted by atomic mass is 32.3. The Balaban J connectivity index is 2.84. The molecule has 0 fully saturated rings. The van der Waals surface area contributed by atoms with Crippen LogP contribution < -0.4 is 4.74 Å². The minimum atomic E-state index is -0.638. The molecule has 1 aromatic carbocycles. The van der Waals surface area contributed by atoms with Gasteiger partial charge in [-0.2, -0.15) is 5.26 Å². The fourth-order valence-corrected chi connectivity index (χ4v) is 1.92. The number of nitriles is 1. The van der Waals surface area contributed by atoms with Crippen LogP contribution in [0.4, 0.5) is 4.39 Å². The average Bonchev–Trinajstić information content (AvgIpc) is 2.23. The minimum Gasteiger partial charge on any atom is -0.491 e. The fraction of sp³-hybridized carbons (Fsp3) is 0.462. The van der Waals surface area contributed by atoms with Crippen molar-refractivity contribution in [2.45, 2.75) is 6.92 Å². The van der Waals surface area contributed by atoms with Crippen molar-refractivity contribution >= 4 is 10.0 Å². The second-order valence-corrected chi connectivity index (χ2v) is 9.39. The van der Waals surface area contributed by atoms with Crippen LogP contribution in [-0.4, -0.2) is 31.1 Å². The van der Waals surface area contributed by atoms with Gasteiger partial charge in [0.2, 0.25) is 0 Å². The number of rotatable bonds is 4. The zero-order valence-electron chi connectivity index (χ0n) is 10.7. The number of hydrogen-bond donors (Lipinski definition) is 0. The van der Waals surface area contributed by atoms with Crippen molar-refractivity contribution < 1.29 is 9.13 Å².